The highest BCUT2D eigenvalue weighted by Crippen LogP contribution is 2.24. The van der Waals surface area contributed by atoms with Gasteiger partial charge in [-0.3, -0.25) is 4.84 Å². The molecule has 3 nitrogen and oxygen atoms in total. The molecule has 2 N–H and O–H groups in total. The molecular formula is C10H11BrN2O. The van der Waals surface area contributed by atoms with Gasteiger partial charge >= 0.3 is 0 Å². The third kappa shape index (κ3) is 1.56. The lowest BCUT2D eigenvalue weighted by Crippen LogP contribution is -1.97. The fraction of sp³-hybridized carbons (Fsp3) is 0.200. The maximum Gasteiger partial charge on any atom is 0.0950 e. The van der Waals surface area contributed by atoms with Crippen molar-refractivity contribution in [1.82, 2.24) is 4.57 Å². The molecule has 1 heterocycles. The monoisotopic (exact) mass is 254 g/mol. The first-order valence-corrected chi connectivity index (χ1v) is 5.07. The zero-order chi connectivity index (χ0) is 10.1. The third-order valence-electron chi connectivity index (χ3n) is 2.27. The van der Waals surface area contributed by atoms with Crippen LogP contribution in [-0.2, 0) is 18.5 Å². The zero-order valence-corrected chi connectivity index (χ0v) is 9.41. The van der Waals surface area contributed by atoms with E-state index in [0.29, 0.717) is 6.61 Å². The summed E-state index contributed by atoms with van der Waals surface area (Å²) in [6.45, 7) is 0.443. The van der Waals surface area contributed by atoms with Crippen LogP contribution in [0, 0.1) is 0 Å². The first kappa shape index (κ1) is 9.71. The lowest BCUT2D eigenvalue weighted by molar-refractivity contribution is 0.125. The summed E-state index contributed by atoms with van der Waals surface area (Å²) in [6.07, 6.45) is 2.03. The van der Waals surface area contributed by atoms with Gasteiger partial charge in [-0.25, -0.2) is 5.90 Å². The SMILES string of the molecule is Cn1cc(CON)c2ccc(Br)cc21. The maximum atomic E-state index is 5.07. The zero-order valence-electron chi connectivity index (χ0n) is 7.83. The van der Waals surface area contributed by atoms with E-state index in [-0.39, 0.29) is 0 Å². The van der Waals surface area contributed by atoms with Crippen LogP contribution in [0.15, 0.2) is 28.9 Å². The summed E-state index contributed by atoms with van der Waals surface area (Å²) in [5, 5.41) is 1.18. The van der Waals surface area contributed by atoms with Gasteiger partial charge in [0.2, 0.25) is 0 Å². The van der Waals surface area contributed by atoms with E-state index in [1.807, 2.05) is 19.3 Å². The molecule has 0 amide bonds. The summed E-state index contributed by atoms with van der Waals surface area (Å²) in [4.78, 5) is 4.65. The lowest BCUT2D eigenvalue weighted by atomic mass is 10.2. The normalized spacial score (nSPS) is 11.1. The molecule has 74 valence electrons. The molecule has 0 unspecified atom stereocenters. The molecule has 0 aliphatic rings. The number of hydrogen-bond donors (Lipinski definition) is 1. The quantitative estimate of drug-likeness (QED) is 0.836. The van der Waals surface area contributed by atoms with Crippen LogP contribution >= 0.6 is 15.9 Å². The van der Waals surface area contributed by atoms with E-state index < -0.39 is 0 Å². The number of rotatable bonds is 2. The Morgan fingerprint density at radius 1 is 1.50 bits per heavy atom. The fourth-order valence-corrected chi connectivity index (χ4v) is 1.99. The number of aromatic nitrogens is 1. The highest BCUT2D eigenvalue weighted by Gasteiger charge is 2.06. The van der Waals surface area contributed by atoms with Gasteiger partial charge in [-0.1, -0.05) is 22.0 Å². The molecular weight excluding hydrogens is 244 g/mol. The molecule has 0 aliphatic carbocycles. The largest absolute Gasteiger partial charge is 0.350 e. The first-order chi connectivity index (χ1) is 6.72. The Kier molecular flexibility index (Phi) is 2.58. The molecule has 0 saturated heterocycles. The molecule has 4 heteroatoms. The summed E-state index contributed by atoms with van der Waals surface area (Å²) < 4.78 is 3.14. The molecule has 0 saturated carbocycles. The fourth-order valence-electron chi connectivity index (χ4n) is 1.65. The average Bonchev–Trinajstić information content (AvgIpc) is 2.44. The summed E-state index contributed by atoms with van der Waals surface area (Å²) in [5.41, 5.74) is 2.28. The van der Waals surface area contributed by atoms with Crippen LogP contribution in [0.2, 0.25) is 0 Å². The number of aryl methyl sites for hydroxylation is 1. The van der Waals surface area contributed by atoms with E-state index in [1.165, 1.54) is 10.9 Å². The highest BCUT2D eigenvalue weighted by molar-refractivity contribution is 9.10. The van der Waals surface area contributed by atoms with Crippen molar-refractivity contribution in [2.75, 3.05) is 0 Å². The van der Waals surface area contributed by atoms with Gasteiger partial charge in [0.05, 0.1) is 6.61 Å². The predicted molar refractivity (Wildman–Crippen MR) is 59.6 cm³/mol. The van der Waals surface area contributed by atoms with Crippen molar-refractivity contribution in [2.24, 2.45) is 12.9 Å². The van der Waals surface area contributed by atoms with Crippen LogP contribution in [0.3, 0.4) is 0 Å². The van der Waals surface area contributed by atoms with Gasteiger partial charge in [0.25, 0.3) is 0 Å². The van der Waals surface area contributed by atoms with Crippen molar-refractivity contribution in [3.8, 4) is 0 Å². The number of nitrogens with two attached hydrogens (primary N) is 1. The van der Waals surface area contributed by atoms with E-state index in [1.54, 1.807) is 0 Å². The van der Waals surface area contributed by atoms with Crippen LogP contribution in [0.5, 0.6) is 0 Å². The lowest BCUT2D eigenvalue weighted by Gasteiger charge is -1.97. The molecule has 0 fully saturated rings. The van der Waals surface area contributed by atoms with Crippen molar-refractivity contribution < 1.29 is 4.84 Å². The van der Waals surface area contributed by atoms with Crippen molar-refractivity contribution in [3.05, 3.63) is 34.4 Å². The van der Waals surface area contributed by atoms with Crippen LogP contribution in [0.1, 0.15) is 5.56 Å². The van der Waals surface area contributed by atoms with Crippen LogP contribution in [0.4, 0.5) is 0 Å². The molecule has 0 atom stereocenters. The Labute approximate surface area is 90.5 Å². The molecule has 14 heavy (non-hydrogen) atoms. The second-order valence-corrected chi connectivity index (χ2v) is 4.15. The van der Waals surface area contributed by atoms with Crippen LogP contribution in [-0.4, -0.2) is 4.57 Å². The minimum absolute atomic E-state index is 0.443. The number of nitrogens with zero attached hydrogens (tertiary/aromatic N) is 1. The van der Waals surface area contributed by atoms with Crippen molar-refractivity contribution in [3.63, 3.8) is 0 Å². The summed E-state index contributed by atoms with van der Waals surface area (Å²) >= 11 is 3.45. The minimum atomic E-state index is 0.443. The second-order valence-electron chi connectivity index (χ2n) is 3.24. The number of halogens is 1. The molecule has 2 aromatic rings. The van der Waals surface area contributed by atoms with E-state index in [9.17, 15) is 0 Å². The van der Waals surface area contributed by atoms with Gasteiger partial charge in [0.1, 0.15) is 0 Å². The number of fused-ring (bicyclic) bond motifs is 1. The Morgan fingerprint density at radius 3 is 3.00 bits per heavy atom. The molecule has 0 aliphatic heterocycles. The van der Waals surface area contributed by atoms with E-state index in [2.05, 4.69) is 37.5 Å². The second kappa shape index (κ2) is 3.73. The highest BCUT2D eigenvalue weighted by atomic mass is 79.9. The van der Waals surface area contributed by atoms with Gasteiger partial charge in [-0.05, 0) is 12.1 Å². The van der Waals surface area contributed by atoms with Gasteiger partial charge in [0.15, 0.2) is 0 Å². The van der Waals surface area contributed by atoms with Crippen molar-refractivity contribution >= 4 is 26.8 Å². The van der Waals surface area contributed by atoms with Crippen LogP contribution < -0.4 is 5.90 Å². The van der Waals surface area contributed by atoms with Crippen LogP contribution in [0.25, 0.3) is 10.9 Å². The number of benzene rings is 1. The Hall–Kier alpha value is -0.840. The van der Waals surface area contributed by atoms with E-state index in [4.69, 9.17) is 5.90 Å². The molecule has 0 bridgehead atoms. The Bertz CT molecular complexity index is 464. The Morgan fingerprint density at radius 2 is 2.29 bits per heavy atom. The molecule has 1 aromatic carbocycles. The van der Waals surface area contributed by atoms with E-state index >= 15 is 0 Å². The van der Waals surface area contributed by atoms with Gasteiger partial charge < -0.3 is 4.57 Å². The predicted octanol–water partition coefficient (Wildman–Crippen LogP) is 2.33. The first-order valence-electron chi connectivity index (χ1n) is 4.27. The molecule has 0 spiro atoms. The van der Waals surface area contributed by atoms with Gasteiger partial charge in [0, 0.05) is 34.2 Å². The maximum absolute atomic E-state index is 5.07. The van der Waals surface area contributed by atoms with Crippen molar-refractivity contribution in [1.29, 1.82) is 0 Å². The van der Waals surface area contributed by atoms with Crippen molar-refractivity contribution in [2.45, 2.75) is 6.61 Å². The molecule has 0 radical (unpaired) electrons. The van der Waals surface area contributed by atoms with Gasteiger partial charge in [-0.2, -0.15) is 0 Å². The summed E-state index contributed by atoms with van der Waals surface area (Å²) in [6, 6.07) is 6.16. The molecule has 2 rings (SSSR count). The minimum Gasteiger partial charge on any atom is -0.350 e. The standard InChI is InChI=1S/C10H11BrN2O/c1-13-5-7(6-14-12)9-3-2-8(11)4-10(9)13/h2-5H,6,12H2,1H3. The van der Waals surface area contributed by atoms with Gasteiger partial charge in [-0.15, -0.1) is 0 Å². The Balaban J connectivity index is 2.65. The topological polar surface area (TPSA) is 40.2 Å². The smallest absolute Gasteiger partial charge is 0.0950 e. The summed E-state index contributed by atoms with van der Waals surface area (Å²) in [7, 11) is 2.01. The summed E-state index contributed by atoms with van der Waals surface area (Å²) in [5.74, 6) is 5.07. The average molecular weight is 255 g/mol. The number of hydrogen-bond acceptors (Lipinski definition) is 2. The molecule has 1 aromatic heterocycles. The van der Waals surface area contributed by atoms with E-state index in [0.717, 1.165) is 10.0 Å². The third-order valence-corrected chi connectivity index (χ3v) is 2.77.